The third kappa shape index (κ3) is 4.32. The minimum atomic E-state index is -0.453. The van der Waals surface area contributed by atoms with Crippen LogP contribution in [0, 0.1) is 0 Å². The zero-order chi connectivity index (χ0) is 18.5. The van der Waals surface area contributed by atoms with Gasteiger partial charge in [-0.1, -0.05) is 6.42 Å². The molecule has 3 rings (SSSR count). The van der Waals surface area contributed by atoms with E-state index in [1.54, 1.807) is 6.92 Å². The zero-order valence-electron chi connectivity index (χ0n) is 15.3. The van der Waals surface area contributed by atoms with Crippen molar-refractivity contribution in [3.8, 4) is 0 Å². The molecule has 0 saturated heterocycles. The fraction of sp³-hybridized carbons (Fsp3) is 0.632. The van der Waals surface area contributed by atoms with Crippen molar-refractivity contribution in [1.82, 2.24) is 0 Å². The molecule has 1 saturated carbocycles. The molecule has 1 heterocycles. The van der Waals surface area contributed by atoms with Crippen molar-refractivity contribution >= 4 is 34.0 Å². The van der Waals surface area contributed by atoms with Gasteiger partial charge in [0.1, 0.15) is 5.00 Å². The lowest BCUT2D eigenvalue weighted by atomic mass is 9.94. The molecular formula is C19H27N2O4S+. The molecular weight excluding hydrogens is 352 g/mol. The number of ketones is 1. The molecule has 2 aliphatic rings. The first-order valence-corrected chi connectivity index (χ1v) is 10.4. The van der Waals surface area contributed by atoms with Crippen LogP contribution in [-0.2, 0) is 16.0 Å². The Kier molecular flexibility index (Phi) is 6.43. The monoisotopic (exact) mass is 379 g/mol. The normalized spacial score (nSPS) is 17.7. The number of rotatable bonds is 6. The van der Waals surface area contributed by atoms with Crippen LogP contribution in [0.15, 0.2) is 0 Å². The van der Waals surface area contributed by atoms with E-state index in [9.17, 15) is 14.4 Å². The van der Waals surface area contributed by atoms with E-state index < -0.39 is 5.97 Å². The summed E-state index contributed by atoms with van der Waals surface area (Å²) in [6.45, 7) is 2.35. The number of nitrogens with one attached hydrogen (secondary N) is 1. The minimum absolute atomic E-state index is 0.0519. The Morgan fingerprint density at radius 2 is 1.96 bits per heavy atom. The number of carbonyl (C=O) groups excluding carboxylic acids is 3. The van der Waals surface area contributed by atoms with E-state index in [1.807, 2.05) is 0 Å². The molecule has 3 N–H and O–H groups in total. The van der Waals surface area contributed by atoms with E-state index >= 15 is 0 Å². The molecule has 1 aromatic rings. The van der Waals surface area contributed by atoms with Gasteiger partial charge in [0.05, 0.1) is 23.1 Å². The third-order valence-corrected chi connectivity index (χ3v) is 6.30. The number of quaternary nitrogens is 1. The highest BCUT2D eigenvalue weighted by atomic mass is 32.1. The highest BCUT2D eigenvalue weighted by Gasteiger charge is 2.31. The smallest absolute Gasteiger partial charge is 0.341 e. The summed E-state index contributed by atoms with van der Waals surface area (Å²) in [5, 5.41) is 5.42. The first-order valence-electron chi connectivity index (χ1n) is 9.59. The Bertz CT molecular complexity index is 692. The van der Waals surface area contributed by atoms with Crippen molar-refractivity contribution in [3.05, 3.63) is 16.0 Å². The average molecular weight is 380 g/mol. The standard InChI is InChI=1S/C19H26N2O4S/c1-2-25-19(24)16-13-9-6-10-14(22)17(13)26-18(16)21-15(23)11-20-12-7-4-3-5-8-12/h12,20H,2-11H2,1H3,(H,21,23)/p+1. The molecule has 0 bridgehead atoms. The topological polar surface area (TPSA) is 89.1 Å². The second-order valence-corrected chi connectivity index (χ2v) is 8.02. The van der Waals surface area contributed by atoms with Crippen LogP contribution in [0.1, 0.15) is 77.5 Å². The van der Waals surface area contributed by atoms with Crippen LogP contribution in [0.2, 0.25) is 0 Å². The van der Waals surface area contributed by atoms with Crippen molar-refractivity contribution in [3.63, 3.8) is 0 Å². The molecule has 7 heteroatoms. The molecule has 1 fully saturated rings. The summed E-state index contributed by atoms with van der Waals surface area (Å²) >= 11 is 1.22. The van der Waals surface area contributed by atoms with E-state index in [0.717, 1.165) is 24.8 Å². The first-order chi connectivity index (χ1) is 12.6. The number of thiophene rings is 1. The Morgan fingerprint density at radius 3 is 2.69 bits per heavy atom. The molecule has 0 aliphatic heterocycles. The Morgan fingerprint density at radius 1 is 1.19 bits per heavy atom. The second-order valence-electron chi connectivity index (χ2n) is 7.00. The van der Waals surface area contributed by atoms with Crippen LogP contribution in [0.25, 0.3) is 0 Å². The number of fused-ring (bicyclic) bond motifs is 1. The van der Waals surface area contributed by atoms with Gasteiger partial charge in [-0.2, -0.15) is 0 Å². The lowest BCUT2D eigenvalue weighted by Gasteiger charge is -2.19. The van der Waals surface area contributed by atoms with Crippen LogP contribution in [0.4, 0.5) is 5.00 Å². The number of Topliss-reactive ketones (excluding diaryl/α,β-unsaturated/α-hetero) is 1. The number of nitrogens with two attached hydrogens (primary N) is 1. The van der Waals surface area contributed by atoms with E-state index in [4.69, 9.17) is 4.74 Å². The van der Waals surface area contributed by atoms with Crippen LogP contribution in [0.5, 0.6) is 0 Å². The first kappa shape index (κ1) is 19.0. The number of carbonyl (C=O) groups is 3. The maximum atomic E-state index is 12.4. The molecule has 2 aliphatic carbocycles. The quantitative estimate of drug-likeness (QED) is 0.742. The molecule has 0 spiro atoms. The molecule has 0 atom stereocenters. The van der Waals surface area contributed by atoms with Gasteiger partial charge < -0.3 is 15.4 Å². The number of esters is 1. The van der Waals surface area contributed by atoms with Crippen molar-refractivity contribution in [1.29, 1.82) is 0 Å². The highest BCUT2D eigenvalue weighted by Crippen LogP contribution is 2.38. The summed E-state index contributed by atoms with van der Waals surface area (Å²) < 4.78 is 5.16. The van der Waals surface area contributed by atoms with Gasteiger partial charge >= 0.3 is 5.97 Å². The number of hydrogen-bond acceptors (Lipinski definition) is 5. The third-order valence-electron chi connectivity index (χ3n) is 5.11. The van der Waals surface area contributed by atoms with Gasteiger partial charge in [-0.25, -0.2) is 4.79 Å². The lowest BCUT2D eigenvalue weighted by molar-refractivity contribution is -0.681. The van der Waals surface area contributed by atoms with Crippen LogP contribution in [0.3, 0.4) is 0 Å². The van der Waals surface area contributed by atoms with Gasteiger partial charge in [0.15, 0.2) is 12.3 Å². The Balaban J connectivity index is 1.72. The van der Waals surface area contributed by atoms with E-state index in [2.05, 4.69) is 10.6 Å². The predicted molar refractivity (Wildman–Crippen MR) is 99.8 cm³/mol. The number of amides is 1. The van der Waals surface area contributed by atoms with Crippen molar-refractivity contribution in [2.24, 2.45) is 0 Å². The summed E-state index contributed by atoms with van der Waals surface area (Å²) in [5.41, 5.74) is 1.13. The fourth-order valence-corrected chi connectivity index (χ4v) is 5.02. The highest BCUT2D eigenvalue weighted by molar-refractivity contribution is 7.18. The SMILES string of the molecule is CCOC(=O)c1c(NC(=O)C[NH2+]C2CCCCC2)sc2c1CCCC2=O. The average Bonchev–Trinajstić information content (AvgIpc) is 3.00. The predicted octanol–water partition coefficient (Wildman–Crippen LogP) is 2.28. The largest absolute Gasteiger partial charge is 0.462 e. The Hall–Kier alpha value is -1.73. The number of ether oxygens (including phenoxy) is 1. The molecule has 0 aromatic carbocycles. The van der Waals surface area contributed by atoms with Gasteiger partial charge in [0.2, 0.25) is 0 Å². The zero-order valence-corrected chi connectivity index (χ0v) is 16.1. The lowest BCUT2D eigenvalue weighted by Crippen LogP contribution is -2.91. The van der Waals surface area contributed by atoms with E-state index in [-0.39, 0.29) is 18.3 Å². The molecule has 1 aromatic heterocycles. The summed E-state index contributed by atoms with van der Waals surface area (Å²) in [6.07, 6.45) is 7.97. The maximum Gasteiger partial charge on any atom is 0.341 e. The molecule has 1 amide bonds. The van der Waals surface area contributed by atoms with E-state index in [1.165, 1.54) is 30.6 Å². The van der Waals surface area contributed by atoms with Crippen molar-refractivity contribution < 1.29 is 24.4 Å². The van der Waals surface area contributed by atoms with Crippen molar-refractivity contribution in [2.45, 2.75) is 64.3 Å². The van der Waals surface area contributed by atoms with Gasteiger partial charge in [-0.15, -0.1) is 11.3 Å². The number of hydrogen-bond donors (Lipinski definition) is 2. The fourth-order valence-electron chi connectivity index (χ4n) is 3.80. The van der Waals surface area contributed by atoms with Gasteiger partial charge in [-0.3, -0.25) is 9.59 Å². The van der Waals surface area contributed by atoms with Gasteiger partial charge in [0, 0.05) is 6.42 Å². The van der Waals surface area contributed by atoms with Crippen LogP contribution in [-0.4, -0.2) is 36.9 Å². The van der Waals surface area contributed by atoms with Crippen LogP contribution < -0.4 is 10.6 Å². The molecule has 0 radical (unpaired) electrons. The van der Waals surface area contributed by atoms with E-state index in [0.29, 0.717) is 40.9 Å². The number of anilines is 1. The second kappa shape index (κ2) is 8.77. The van der Waals surface area contributed by atoms with Gasteiger partial charge in [-0.05, 0) is 51.0 Å². The Labute approximate surface area is 157 Å². The van der Waals surface area contributed by atoms with Crippen LogP contribution >= 0.6 is 11.3 Å². The summed E-state index contributed by atoms with van der Waals surface area (Å²) in [4.78, 5) is 37.6. The molecule has 26 heavy (non-hydrogen) atoms. The summed E-state index contributed by atoms with van der Waals surface area (Å²) in [5.74, 6) is -0.533. The summed E-state index contributed by atoms with van der Waals surface area (Å²) in [6, 6.07) is 0.511. The molecule has 0 unspecified atom stereocenters. The molecule has 6 nitrogen and oxygen atoms in total. The van der Waals surface area contributed by atoms with Crippen molar-refractivity contribution in [2.75, 3.05) is 18.5 Å². The maximum absolute atomic E-state index is 12.4. The summed E-state index contributed by atoms with van der Waals surface area (Å²) in [7, 11) is 0. The minimum Gasteiger partial charge on any atom is -0.462 e. The van der Waals surface area contributed by atoms with Gasteiger partial charge in [0.25, 0.3) is 5.91 Å². The molecule has 142 valence electrons.